The summed E-state index contributed by atoms with van der Waals surface area (Å²) in [4.78, 5) is 2.40. The molecular weight excluding hydrogens is 212 g/mol. The van der Waals surface area contributed by atoms with E-state index in [4.69, 9.17) is 0 Å². The SMILES string of the molecule is CN1CCC(CNCc2ccc(O)cc2)CC1. The molecule has 94 valence electrons. The highest BCUT2D eigenvalue weighted by Gasteiger charge is 2.15. The van der Waals surface area contributed by atoms with Gasteiger partial charge in [-0.3, -0.25) is 0 Å². The summed E-state index contributed by atoms with van der Waals surface area (Å²) in [5.74, 6) is 1.16. The molecule has 2 rings (SSSR count). The Morgan fingerprint density at radius 1 is 1.24 bits per heavy atom. The van der Waals surface area contributed by atoms with E-state index in [1.807, 2.05) is 12.1 Å². The highest BCUT2D eigenvalue weighted by atomic mass is 16.3. The van der Waals surface area contributed by atoms with Crippen molar-refractivity contribution in [3.8, 4) is 5.75 Å². The Labute approximate surface area is 103 Å². The number of phenols is 1. The molecule has 3 nitrogen and oxygen atoms in total. The van der Waals surface area contributed by atoms with Gasteiger partial charge in [0.15, 0.2) is 0 Å². The van der Waals surface area contributed by atoms with Gasteiger partial charge in [0.25, 0.3) is 0 Å². The fourth-order valence-corrected chi connectivity index (χ4v) is 2.30. The summed E-state index contributed by atoms with van der Waals surface area (Å²) in [6.45, 7) is 4.46. The average molecular weight is 234 g/mol. The molecule has 17 heavy (non-hydrogen) atoms. The fourth-order valence-electron chi connectivity index (χ4n) is 2.30. The maximum absolute atomic E-state index is 9.19. The van der Waals surface area contributed by atoms with E-state index in [1.54, 1.807) is 12.1 Å². The lowest BCUT2D eigenvalue weighted by Crippen LogP contribution is -2.34. The van der Waals surface area contributed by atoms with E-state index in [1.165, 1.54) is 31.5 Å². The zero-order chi connectivity index (χ0) is 12.1. The van der Waals surface area contributed by atoms with Crippen molar-refractivity contribution in [1.82, 2.24) is 10.2 Å². The first-order chi connectivity index (χ1) is 8.24. The molecule has 1 heterocycles. The molecule has 0 aliphatic carbocycles. The maximum atomic E-state index is 9.19. The summed E-state index contributed by atoms with van der Waals surface area (Å²) in [6, 6.07) is 7.42. The molecule has 0 bridgehead atoms. The number of nitrogens with one attached hydrogen (secondary N) is 1. The number of hydrogen-bond donors (Lipinski definition) is 2. The minimum absolute atomic E-state index is 0.337. The molecule has 3 heteroatoms. The summed E-state index contributed by atoms with van der Waals surface area (Å²) in [5, 5.41) is 12.7. The first-order valence-electron chi connectivity index (χ1n) is 6.41. The zero-order valence-corrected chi connectivity index (χ0v) is 10.5. The van der Waals surface area contributed by atoms with Crippen molar-refractivity contribution in [1.29, 1.82) is 0 Å². The summed E-state index contributed by atoms with van der Waals surface area (Å²) in [6.07, 6.45) is 2.61. The maximum Gasteiger partial charge on any atom is 0.115 e. The Bertz CT molecular complexity index is 329. The predicted octanol–water partition coefficient (Wildman–Crippen LogP) is 1.82. The van der Waals surface area contributed by atoms with Gasteiger partial charge in [0.1, 0.15) is 5.75 Å². The third kappa shape index (κ3) is 4.02. The monoisotopic (exact) mass is 234 g/mol. The molecule has 0 spiro atoms. The van der Waals surface area contributed by atoms with Crippen LogP contribution >= 0.6 is 0 Å². The number of hydrogen-bond acceptors (Lipinski definition) is 3. The molecule has 2 N–H and O–H groups in total. The van der Waals surface area contributed by atoms with Gasteiger partial charge in [-0.25, -0.2) is 0 Å². The molecule has 0 atom stereocenters. The van der Waals surface area contributed by atoms with Crippen LogP contribution < -0.4 is 5.32 Å². The van der Waals surface area contributed by atoms with Crippen LogP contribution in [0.25, 0.3) is 0 Å². The van der Waals surface area contributed by atoms with Gasteiger partial charge >= 0.3 is 0 Å². The molecule has 1 aliphatic heterocycles. The van der Waals surface area contributed by atoms with Gasteiger partial charge < -0.3 is 15.3 Å². The third-order valence-electron chi connectivity index (χ3n) is 3.54. The number of aromatic hydroxyl groups is 1. The summed E-state index contributed by atoms with van der Waals surface area (Å²) in [7, 11) is 2.19. The number of phenolic OH excluding ortho intramolecular Hbond substituents is 1. The summed E-state index contributed by atoms with van der Waals surface area (Å²) >= 11 is 0. The number of nitrogens with zero attached hydrogens (tertiary/aromatic N) is 1. The molecule has 0 saturated carbocycles. The Kier molecular flexibility index (Phi) is 4.40. The minimum Gasteiger partial charge on any atom is -0.508 e. The number of likely N-dealkylation sites (tertiary alicyclic amines) is 1. The standard InChI is InChI=1S/C14H22N2O/c1-16-8-6-13(7-9-16)11-15-10-12-2-4-14(17)5-3-12/h2-5,13,15,17H,6-11H2,1H3. The quantitative estimate of drug-likeness (QED) is 0.834. The smallest absolute Gasteiger partial charge is 0.115 e. The van der Waals surface area contributed by atoms with Gasteiger partial charge in [-0.1, -0.05) is 12.1 Å². The van der Waals surface area contributed by atoms with Gasteiger partial charge in [0, 0.05) is 6.54 Å². The topological polar surface area (TPSA) is 35.5 Å². The highest BCUT2D eigenvalue weighted by Crippen LogP contribution is 2.15. The van der Waals surface area contributed by atoms with Gasteiger partial charge in [0.2, 0.25) is 0 Å². The number of rotatable bonds is 4. The van der Waals surface area contributed by atoms with Crippen LogP contribution in [0.5, 0.6) is 5.75 Å². The molecule has 0 radical (unpaired) electrons. The van der Waals surface area contributed by atoms with E-state index in [0.717, 1.165) is 19.0 Å². The van der Waals surface area contributed by atoms with Gasteiger partial charge in [-0.2, -0.15) is 0 Å². The van der Waals surface area contributed by atoms with Gasteiger partial charge in [-0.15, -0.1) is 0 Å². The first-order valence-corrected chi connectivity index (χ1v) is 6.41. The van der Waals surface area contributed by atoms with Crippen molar-refractivity contribution in [3.05, 3.63) is 29.8 Å². The molecule has 1 saturated heterocycles. The Morgan fingerprint density at radius 3 is 2.53 bits per heavy atom. The molecular formula is C14H22N2O. The van der Waals surface area contributed by atoms with Crippen molar-refractivity contribution in [2.24, 2.45) is 5.92 Å². The molecule has 0 unspecified atom stereocenters. The molecule has 0 amide bonds. The van der Waals surface area contributed by atoms with Crippen LogP contribution in [0.1, 0.15) is 18.4 Å². The first kappa shape index (κ1) is 12.4. The Morgan fingerprint density at radius 2 is 1.88 bits per heavy atom. The number of benzene rings is 1. The lowest BCUT2D eigenvalue weighted by molar-refractivity contribution is 0.216. The van der Waals surface area contributed by atoms with Crippen molar-refractivity contribution in [2.45, 2.75) is 19.4 Å². The minimum atomic E-state index is 0.337. The van der Waals surface area contributed by atoms with E-state index in [0.29, 0.717) is 5.75 Å². The van der Waals surface area contributed by atoms with Crippen LogP contribution in [0, 0.1) is 5.92 Å². The molecule has 1 aromatic carbocycles. The average Bonchev–Trinajstić information content (AvgIpc) is 2.34. The second kappa shape index (κ2) is 6.03. The van der Waals surface area contributed by atoms with Gasteiger partial charge in [0.05, 0.1) is 0 Å². The van der Waals surface area contributed by atoms with Crippen LogP contribution in [-0.2, 0) is 6.54 Å². The van der Waals surface area contributed by atoms with E-state index in [2.05, 4.69) is 17.3 Å². The van der Waals surface area contributed by atoms with Crippen molar-refractivity contribution in [2.75, 3.05) is 26.7 Å². The normalized spacial score (nSPS) is 18.4. The van der Waals surface area contributed by atoms with Crippen LogP contribution in [0.2, 0.25) is 0 Å². The predicted molar refractivity (Wildman–Crippen MR) is 70.0 cm³/mol. The summed E-state index contributed by atoms with van der Waals surface area (Å²) < 4.78 is 0. The fraction of sp³-hybridized carbons (Fsp3) is 0.571. The Balaban J connectivity index is 1.67. The highest BCUT2D eigenvalue weighted by molar-refractivity contribution is 5.25. The Hall–Kier alpha value is -1.06. The largest absolute Gasteiger partial charge is 0.508 e. The van der Waals surface area contributed by atoms with E-state index in [-0.39, 0.29) is 0 Å². The van der Waals surface area contributed by atoms with E-state index in [9.17, 15) is 5.11 Å². The lowest BCUT2D eigenvalue weighted by Gasteiger charge is -2.29. The van der Waals surface area contributed by atoms with Crippen LogP contribution in [-0.4, -0.2) is 36.7 Å². The third-order valence-corrected chi connectivity index (χ3v) is 3.54. The van der Waals surface area contributed by atoms with Crippen molar-refractivity contribution in [3.63, 3.8) is 0 Å². The zero-order valence-electron chi connectivity index (χ0n) is 10.5. The lowest BCUT2D eigenvalue weighted by atomic mass is 9.97. The van der Waals surface area contributed by atoms with Crippen LogP contribution in [0.15, 0.2) is 24.3 Å². The second-order valence-corrected chi connectivity index (χ2v) is 5.04. The summed E-state index contributed by atoms with van der Waals surface area (Å²) in [5.41, 5.74) is 1.23. The molecule has 1 aromatic rings. The van der Waals surface area contributed by atoms with Gasteiger partial charge in [-0.05, 0) is 63.1 Å². The van der Waals surface area contributed by atoms with Crippen molar-refractivity contribution < 1.29 is 5.11 Å². The van der Waals surface area contributed by atoms with E-state index < -0.39 is 0 Å². The molecule has 1 aliphatic rings. The second-order valence-electron chi connectivity index (χ2n) is 5.04. The van der Waals surface area contributed by atoms with Crippen LogP contribution in [0.4, 0.5) is 0 Å². The van der Waals surface area contributed by atoms with E-state index >= 15 is 0 Å². The van der Waals surface area contributed by atoms with Crippen LogP contribution in [0.3, 0.4) is 0 Å². The van der Waals surface area contributed by atoms with Crippen molar-refractivity contribution >= 4 is 0 Å². The number of piperidine rings is 1. The molecule has 0 aromatic heterocycles. The molecule has 1 fully saturated rings.